The third-order valence-electron chi connectivity index (χ3n) is 7.05. The Morgan fingerprint density at radius 3 is 2.16 bits per heavy atom. The molecule has 0 saturated carbocycles. The van der Waals surface area contributed by atoms with Crippen molar-refractivity contribution in [2.24, 2.45) is 4.99 Å². The van der Waals surface area contributed by atoms with Crippen molar-refractivity contribution in [2.45, 2.75) is 19.1 Å². The lowest BCUT2D eigenvalue weighted by atomic mass is 10.0. The molecule has 0 aromatic heterocycles. The standard InChI is InChI=1S/C33H29ClIN3O6/c1-41-27-16-22(17-28(42-2)31(27)43-3)20-37-30(25-18-24(38(39)40)14-15-26(25)34)32(29(35)23-12-8-5-9-13-23)44-33(37)36-19-21-10-6-4-7-11-21/h4-18,30H,19-20H2,1-3H3/b32-29+,36-33?. The van der Waals surface area contributed by atoms with Crippen molar-refractivity contribution in [3.05, 3.63) is 134 Å². The Bertz CT molecular complexity index is 1690. The molecule has 1 saturated heterocycles. The van der Waals surface area contributed by atoms with Crippen LogP contribution in [0.2, 0.25) is 5.02 Å². The number of benzene rings is 4. The molecule has 226 valence electrons. The highest BCUT2D eigenvalue weighted by atomic mass is 127. The zero-order valence-corrected chi connectivity index (χ0v) is 27.1. The van der Waals surface area contributed by atoms with E-state index in [1.807, 2.05) is 77.7 Å². The first-order valence-electron chi connectivity index (χ1n) is 13.5. The highest BCUT2D eigenvalue weighted by Crippen LogP contribution is 2.47. The quantitative estimate of drug-likeness (QED) is 0.0924. The van der Waals surface area contributed by atoms with Crippen LogP contribution in [0.25, 0.3) is 3.58 Å². The minimum Gasteiger partial charge on any atom is -0.493 e. The molecule has 1 heterocycles. The van der Waals surface area contributed by atoms with Gasteiger partial charge in [-0.2, -0.15) is 0 Å². The van der Waals surface area contributed by atoms with Gasteiger partial charge in [0.05, 0.1) is 36.4 Å². The van der Waals surface area contributed by atoms with E-state index in [4.69, 9.17) is 35.5 Å². The molecule has 11 heteroatoms. The van der Waals surface area contributed by atoms with Crippen LogP contribution in [0.1, 0.15) is 28.3 Å². The van der Waals surface area contributed by atoms with Gasteiger partial charge in [0, 0.05) is 29.3 Å². The molecule has 0 bridgehead atoms. The van der Waals surface area contributed by atoms with Crippen LogP contribution in [0, 0.1) is 10.1 Å². The Hall–Kier alpha value is -4.29. The molecule has 0 radical (unpaired) electrons. The topological polar surface area (TPSA) is 95.7 Å². The molecule has 1 unspecified atom stereocenters. The van der Waals surface area contributed by atoms with E-state index in [0.717, 1.165) is 20.3 Å². The number of halogens is 2. The fourth-order valence-electron chi connectivity index (χ4n) is 4.97. The molecule has 0 aliphatic carbocycles. The summed E-state index contributed by atoms with van der Waals surface area (Å²) in [4.78, 5) is 18.3. The smallest absolute Gasteiger partial charge is 0.294 e. The van der Waals surface area contributed by atoms with Gasteiger partial charge in [-0.25, -0.2) is 4.99 Å². The average Bonchev–Trinajstić information content (AvgIpc) is 3.41. The van der Waals surface area contributed by atoms with E-state index in [2.05, 4.69) is 22.6 Å². The molecule has 0 N–H and O–H groups in total. The van der Waals surface area contributed by atoms with Crippen LogP contribution in [0.15, 0.2) is 102 Å². The maximum atomic E-state index is 11.9. The summed E-state index contributed by atoms with van der Waals surface area (Å²) < 4.78 is 24.2. The Morgan fingerprint density at radius 1 is 0.932 bits per heavy atom. The van der Waals surface area contributed by atoms with Crippen LogP contribution in [0.3, 0.4) is 0 Å². The molecule has 1 aliphatic rings. The van der Waals surface area contributed by atoms with Crippen LogP contribution in [0.5, 0.6) is 17.2 Å². The molecule has 1 atom stereocenters. The summed E-state index contributed by atoms with van der Waals surface area (Å²) in [5.41, 5.74) is 3.15. The van der Waals surface area contributed by atoms with E-state index in [9.17, 15) is 10.1 Å². The number of hydrogen-bond donors (Lipinski definition) is 0. The fraction of sp³-hybridized carbons (Fsp3) is 0.182. The van der Waals surface area contributed by atoms with Crippen LogP contribution in [0.4, 0.5) is 5.69 Å². The number of amidine groups is 1. The number of methoxy groups -OCH3 is 3. The molecule has 5 rings (SSSR count). The van der Waals surface area contributed by atoms with Crippen molar-refractivity contribution >= 4 is 49.5 Å². The Balaban J connectivity index is 1.72. The summed E-state index contributed by atoms with van der Waals surface area (Å²) in [5.74, 6) is 2.00. The van der Waals surface area contributed by atoms with Crippen LogP contribution in [-0.4, -0.2) is 37.2 Å². The summed E-state index contributed by atoms with van der Waals surface area (Å²) in [6.45, 7) is 0.628. The molecule has 9 nitrogen and oxygen atoms in total. The molecule has 0 spiro atoms. The maximum Gasteiger partial charge on any atom is 0.294 e. The minimum absolute atomic E-state index is 0.0825. The summed E-state index contributed by atoms with van der Waals surface area (Å²) in [5, 5.41) is 12.2. The third-order valence-corrected chi connectivity index (χ3v) is 8.55. The summed E-state index contributed by atoms with van der Waals surface area (Å²) >= 11 is 9.04. The highest BCUT2D eigenvalue weighted by Gasteiger charge is 2.41. The van der Waals surface area contributed by atoms with Gasteiger partial charge < -0.3 is 23.8 Å². The molecule has 1 aliphatic heterocycles. The van der Waals surface area contributed by atoms with Gasteiger partial charge in [-0.05, 0) is 57.5 Å². The van der Waals surface area contributed by atoms with E-state index >= 15 is 0 Å². The number of ether oxygens (including phenoxy) is 4. The van der Waals surface area contributed by atoms with Crippen molar-refractivity contribution < 1.29 is 23.9 Å². The van der Waals surface area contributed by atoms with E-state index < -0.39 is 11.0 Å². The van der Waals surface area contributed by atoms with Gasteiger partial charge in [-0.1, -0.05) is 72.3 Å². The zero-order valence-electron chi connectivity index (χ0n) is 24.2. The Labute approximate surface area is 274 Å². The second-order valence-corrected chi connectivity index (χ2v) is 11.2. The van der Waals surface area contributed by atoms with Gasteiger partial charge in [-0.3, -0.25) is 10.1 Å². The van der Waals surface area contributed by atoms with Crippen molar-refractivity contribution in [1.29, 1.82) is 0 Å². The first-order chi connectivity index (χ1) is 21.3. The van der Waals surface area contributed by atoms with Gasteiger partial charge in [0.15, 0.2) is 11.5 Å². The maximum absolute atomic E-state index is 11.9. The normalized spacial score (nSPS) is 16.4. The van der Waals surface area contributed by atoms with Crippen molar-refractivity contribution in [3.63, 3.8) is 0 Å². The van der Waals surface area contributed by atoms with E-state index in [1.165, 1.54) is 12.1 Å². The van der Waals surface area contributed by atoms with Crippen molar-refractivity contribution in [2.75, 3.05) is 21.3 Å². The van der Waals surface area contributed by atoms with Gasteiger partial charge in [0.2, 0.25) is 5.75 Å². The van der Waals surface area contributed by atoms with Crippen LogP contribution in [-0.2, 0) is 17.8 Å². The van der Waals surface area contributed by atoms with Crippen LogP contribution < -0.4 is 14.2 Å². The number of non-ortho nitro benzene ring substituents is 1. The molecule has 4 aromatic rings. The Kier molecular flexibility index (Phi) is 9.91. The number of nitro groups is 1. The molecule has 4 aromatic carbocycles. The number of nitrogens with zero attached hydrogens (tertiary/aromatic N) is 3. The largest absolute Gasteiger partial charge is 0.493 e. The summed E-state index contributed by atoms with van der Waals surface area (Å²) in [7, 11) is 4.66. The fourth-order valence-corrected chi connectivity index (χ4v) is 5.95. The molecular weight excluding hydrogens is 697 g/mol. The van der Waals surface area contributed by atoms with E-state index in [-0.39, 0.29) is 12.2 Å². The van der Waals surface area contributed by atoms with E-state index in [1.54, 1.807) is 27.4 Å². The number of aliphatic imine (C=N–C) groups is 1. The minimum atomic E-state index is -0.650. The highest BCUT2D eigenvalue weighted by molar-refractivity contribution is 14.1. The lowest BCUT2D eigenvalue weighted by Crippen LogP contribution is -2.28. The first-order valence-corrected chi connectivity index (χ1v) is 15.0. The lowest BCUT2D eigenvalue weighted by molar-refractivity contribution is -0.384. The lowest BCUT2D eigenvalue weighted by Gasteiger charge is -2.26. The number of rotatable bonds is 10. The molecular formula is C33H29ClIN3O6. The van der Waals surface area contributed by atoms with Gasteiger partial charge in [0.25, 0.3) is 11.7 Å². The second kappa shape index (κ2) is 14.0. The SMILES string of the molecule is COc1cc(CN2C(=NCc3ccccc3)O/C(=C(/I)c3ccccc3)C2c2cc([N+](=O)[O-])ccc2Cl)cc(OC)c1OC. The molecule has 1 fully saturated rings. The van der Waals surface area contributed by atoms with Gasteiger partial charge in [-0.15, -0.1) is 0 Å². The average molecular weight is 726 g/mol. The van der Waals surface area contributed by atoms with Crippen molar-refractivity contribution in [1.82, 2.24) is 4.90 Å². The van der Waals surface area contributed by atoms with Crippen molar-refractivity contribution in [3.8, 4) is 17.2 Å². The van der Waals surface area contributed by atoms with Gasteiger partial charge >= 0.3 is 0 Å². The predicted octanol–water partition coefficient (Wildman–Crippen LogP) is 8.21. The third kappa shape index (κ3) is 6.61. The number of hydrogen-bond acceptors (Lipinski definition) is 7. The molecule has 0 amide bonds. The monoisotopic (exact) mass is 725 g/mol. The first kappa shape index (κ1) is 31.1. The van der Waals surface area contributed by atoms with E-state index in [0.29, 0.717) is 46.2 Å². The van der Waals surface area contributed by atoms with Gasteiger partial charge in [0.1, 0.15) is 11.8 Å². The number of nitro benzene ring substituents is 1. The zero-order chi connectivity index (χ0) is 31.2. The van der Waals surface area contributed by atoms with Crippen LogP contribution >= 0.6 is 34.2 Å². The second-order valence-electron chi connectivity index (χ2n) is 9.76. The predicted molar refractivity (Wildman–Crippen MR) is 179 cm³/mol. The molecule has 44 heavy (non-hydrogen) atoms. The summed E-state index contributed by atoms with van der Waals surface area (Å²) in [6, 6.07) is 27.4. The summed E-state index contributed by atoms with van der Waals surface area (Å²) in [6.07, 6.45) is 0. The Morgan fingerprint density at radius 2 is 1.57 bits per heavy atom.